The molecule has 1 aromatic rings. The number of amides is 1. The maximum absolute atomic E-state index is 10.8. The van der Waals surface area contributed by atoms with Gasteiger partial charge in [-0.05, 0) is 51.1 Å². The molecule has 31 heavy (non-hydrogen) atoms. The second kappa shape index (κ2) is 24.8. The molecule has 0 bridgehead atoms. The molecule has 1 aromatic carbocycles. The lowest BCUT2D eigenvalue weighted by molar-refractivity contribution is -0.0166. The van der Waals surface area contributed by atoms with Crippen LogP contribution < -0.4 is 16.4 Å². The third-order valence-corrected chi connectivity index (χ3v) is 3.36. The number of benzene rings is 1. The van der Waals surface area contributed by atoms with Gasteiger partial charge in [0, 0.05) is 18.7 Å². The van der Waals surface area contributed by atoms with E-state index in [-0.39, 0.29) is 11.3 Å². The van der Waals surface area contributed by atoms with E-state index >= 15 is 0 Å². The third-order valence-electron chi connectivity index (χ3n) is 3.36. The van der Waals surface area contributed by atoms with Crippen LogP contribution in [0.3, 0.4) is 0 Å². The molecule has 1 saturated heterocycles. The van der Waals surface area contributed by atoms with Crippen molar-refractivity contribution in [2.24, 2.45) is 5.73 Å². The van der Waals surface area contributed by atoms with Crippen LogP contribution in [0.25, 0.3) is 0 Å². The van der Waals surface area contributed by atoms with Gasteiger partial charge in [0.1, 0.15) is 0 Å². The molecule has 0 radical (unpaired) electrons. The van der Waals surface area contributed by atoms with E-state index in [0.29, 0.717) is 17.8 Å². The Labute approximate surface area is 194 Å². The van der Waals surface area contributed by atoms with Crippen molar-refractivity contribution in [2.45, 2.75) is 100 Å². The molecule has 1 fully saturated rings. The van der Waals surface area contributed by atoms with E-state index < -0.39 is 0 Å². The number of nitrogens with two attached hydrogens (primary N) is 1. The van der Waals surface area contributed by atoms with Crippen molar-refractivity contribution in [3.8, 4) is 0 Å². The van der Waals surface area contributed by atoms with Crippen molar-refractivity contribution in [3.05, 3.63) is 35.4 Å². The molecule has 2 atom stereocenters. The Morgan fingerprint density at radius 1 is 1.00 bits per heavy atom. The van der Waals surface area contributed by atoms with Gasteiger partial charge in [-0.1, -0.05) is 80.9 Å². The molecule has 4 N–H and O–H groups in total. The predicted octanol–water partition coefficient (Wildman–Crippen LogP) is 5.77. The fourth-order valence-corrected chi connectivity index (χ4v) is 2.12. The Morgan fingerprint density at radius 3 is 1.52 bits per heavy atom. The smallest absolute Gasteiger partial charge is 0.248 e. The van der Waals surface area contributed by atoms with E-state index in [9.17, 15) is 4.79 Å². The zero-order valence-electron chi connectivity index (χ0n) is 23.0. The summed E-state index contributed by atoms with van der Waals surface area (Å²) in [5, 5.41) is 6.01. The summed E-state index contributed by atoms with van der Waals surface area (Å²) in [6.07, 6.45) is 2.05. The number of rotatable bonds is 1. The fraction of sp³-hybridized carbons (Fsp3) is 0.731. The van der Waals surface area contributed by atoms with Gasteiger partial charge in [-0.3, -0.25) is 4.79 Å². The lowest BCUT2D eigenvalue weighted by Crippen LogP contribution is -2.41. The van der Waals surface area contributed by atoms with Crippen LogP contribution in [-0.2, 0) is 10.2 Å². The largest absolute Gasteiger partial charge is 0.373 e. The van der Waals surface area contributed by atoms with E-state index in [1.54, 1.807) is 12.1 Å². The summed E-state index contributed by atoms with van der Waals surface area (Å²) in [5.41, 5.74) is 7.02. The Hall–Kier alpha value is -1.43. The topological polar surface area (TPSA) is 76.4 Å². The van der Waals surface area contributed by atoms with Gasteiger partial charge >= 0.3 is 0 Å². The number of carbonyl (C=O) groups excluding carboxylic acids is 1. The summed E-state index contributed by atoms with van der Waals surface area (Å²) < 4.78 is 5.42. The van der Waals surface area contributed by atoms with E-state index in [4.69, 9.17) is 10.5 Å². The first kappa shape index (κ1) is 36.9. The molecule has 5 heteroatoms. The second-order valence-corrected chi connectivity index (χ2v) is 7.81. The lowest BCUT2D eigenvalue weighted by Gasteiger charge is -2.25. The van der Waals surface area contributed by atoms with Gasteiger partial charge in [-0.15, -0.1) is 0 Å². The van der Waals surface area contributed by atoms with Gasteiger partial charge in [-0.2, -0.15) is 0 Å². The van der Waals surface area contributed by atoms with Crippen molar-refractivity contribution in [2.75, 3.05) is 27.2 Å². The number of ether oxygens (including phenoxy) is 1. The minimum Gasteiger partial charge on any atom is -0.373 e. The molecule has 1 heterocycles. The molecule has 2 rings (SSSR count). The number of hydrogen-bond donors (Lipinski definition) is 3. The van der Waals surface area contributed by atoms with Crippen LogP contribution in [0, 0.1) is 0 Å². The van der Waals surface area contributed by atoms with Crippen molar-refractivity contribution in [1.82, 2.24) is 10.6 Å². The Kier molecular flexibility index (Phi) is 29.6. The Balaban J connectivity index is -0.000000173. The van der Waals surface area contributed by atoms with Crippen LogP contribution >= 0.6 is 0 Å². The highest BCUT2D eigenvalue weighted by Crippen LogP contribution is 2.21. The average Bonchev–Trinajstić information content (AvgIpc) is 2.72. The monoisotopic (exact) mass is 441 g/mol. The van der Waals surface area contributed by atoms with Crippen LogP contribution in [0.5, 0.6) is 0 Å². The first-order chi connectivity index (χ1) is 14.5. The molecule has 0 saturated carbocycles. The number of nitrogens with one attached hydrogen (secondary N) is 2. The van der Waals surface area contributed by atoms with Crippen molar-refractivity contribution >= 4 is 5.91 Å². The lowest BCUT2D eigenvalue weighted by atomic mass is 9.87. The standard InChI is InChI=1S/C11H15NO.C6H13NO.C3H8.C2H7N.2C2H6/c1-11(2,3)9-6-4-8(5-7-9)10(12)13;1-5-3-7-4-6(2)8-5;2*1-3-2;2*1-2/h4-7H,1-3H3,(H2,12,13);5-7H,3-4H2,1-2H3;3H2,1-2H3;3H,1-2H3;2*1-2H3. The number of hydrogen-bond acceptors (Lipinski definition) is 4. The summed E-state index contributed by atoms with van der Waals surface area (Å²) >= 11 is 0. The van der Waals surface area contributed by atoms with Crippen LogP contribution in [0.4, 0.5) is 0 Å². The summed E-state index contributed by atoms with van der Waals surface area (Å²) in [5.74, 6) is -0.375. The Bertz CT molecular complexity index is 472. The summed E-state index contributed by atoms with van der Waals surface area (Å²) in [7, 11) is 3.75. The minimum atomic E-state index is -0.375. The Morgan fingerprint density at radius 2 is 1.32 bits per heavy atom. The molecule has 0 aliphatic carbocycles. The molecular formula is C26H55N3O2. The number of morpholine rings is 1. The van der Waals surface area contributed by atoms with Gasteiger partial charge in [-0.25, -0.2) is 0 Å². The maximum atomic E-state index is 10.8. The highest BCUT2D eigenvalue weighted by molar-refractivity contribution is 5.92. The predicted molar refractivity (Wildman–Crippen MR) is 140 cm³/mol. The average molecular weight is 442 g/mol. The fourth-order valence-electron chi connectivity index (χ4n) is 2.12. The number of primary amides is 1. The van der Waals surface area contributed by atoms with Crippen molar-refractivity contribution < 1.29 is 9.53 Å². The van der Waals surface area contributed by atoms with Crippen molar-refractivity contribution in [1.29, 1.82) is 0 Å². The summed E-state index contributed by atoms with van der Waals surface area (Å²) in [6, 6.07) is 7.42. The van der Waals surface area contributed by atoms with Gasteiger partial charge in [0.2, 0.25) is 5.91 Å². The normalized spacial score (nSPS) is 16.5. The van der Waals surface area contributed by atoms with E-state index in [0.717, 1.165) is 13.1 Å². The molecule has 0 aromatic heterocycles. The zero-order valence-corrected chi connectivity index (χ0v) is 23.0. The SMILES string of the molecule is CC.CC.CC(C)(C)c1ccc(C(N)=O)cc1.CC1CNCC(C)O1.CCC.CNC. The summed E-state index contributed by atoms with van der Waals surface area (Å²) in [4.78, 5) is 10.8. The van der Waals surface area contributed by atoms with Crippen molar-refractivity contribution in [3.63, 3.8) is 0 Å². The molecule has 186 valence electrons. The van der Waals surface area contributed by atoms with Gasteiger partial charge < -0.3 is 21.1 Å². The van der Waals surface area contributed by atoms with E-state index in [2.05, 4.69) is 59.1 Å². The van der Waals surface area contributed by atoms with E-state index in [1.807, 2.05) is 53.9 Å². The van der Waals surface area contributed by atoms with E-state index in [1.165, 1.54) is 12.0 Å². The summed E-state index contributed by atoms with van der Waals surface area (Å²) in [6.45, 7) is 24.8. The maximum Gasteiger partial charge on any atom is 0.248 e. The van der Waals surface area contributed by atoms with Gasteiger partial charge in [0.05, 0.1) is 12.2 Å². The van der Waals surface area contributed by atoms with Crippen LogP contribution in [0.15, 0.2) is 24.3 Å². The minimum absolute atomic E-state index is 0.121. The molecule has 1 aliphatic heterocycles. The van der Waals surface area contributed by atoms with Gasteiger partial charge in [0.15, 0.2) is 0 Å². The molecule has 0 spiro atoms. The second-order valence-electron chi connectivity index (χ2n) is 7.81. The first-order valence-electron chi connectivity index (χ1n) is 11.9. The molecule has 1 aliphatic rings. The molecular weight excluding hydrogens is 386 g/mol. The van der Waals surface area contributed by atoms with Crippen LogP contribution in [-0.4, -0.2) is 45.3 Å². The van der Waals surface area contributed by atoms with Crippen LogP contribution in [0.1, 0.15) is 98.5 Å². The first-order valence-corrected chi connectivity index (χ1v) is 11.9. The molecule has 2 unspecified atom stereocenters. The van der Waals surface area contributed by atoms with Crippen LogP contribution in [0.2, 0.25) is 0 Å². The highest BCUT2D eigenvalue weighted by Gasteiger charge is 2.13. The van der Waals surface area contributed by atoms with Gasteiger partial charge in [0.25, 0.3) is 0 Å². The number of carbonyl (C=O) groups is 1. The molecule has 5 nitrogen and oxygen atoms in total. The molecule has 1 amide bonds. The third kappa shape index (κ3) is 24.7. The quantitative estimate of drug-likeness (QED) is 0.517. The highest BCUT2D eigenvalue weighted by atomic mass is 16.5. The zero-order chi connectivity index (χ0) is 25.5.